The van der Waals surface area contributed by atoms with Crippen molar-refractivity contribution in [2.24, 2.45) is 0 Å². The van der Waals surface area contributed by atoms with Crippen LogP contribution in [0.4, 0.5) is 0 Å². The largest absolute Gasteiger partial charge is 0.495 e. The molecule has 140 valence electrons. The molecule has 1 aromatic rings. The first-order chi connectivity index (χ1) is 11.9. The summed E-state index contributed by atoms with van der Waals surface area (Å²) in [7, 11) is -2.06. The molecule has 2 aliphatic rings. The summed E-state index contributed by atoms with van der Waals surface area (Å²) in [5.74, 6) is 0.382. The highest BCUT2D eigenvalue weighted by Gasteiger charge is 2.34. The first-order valence-corrected chi connectivity index (χ1v) is 10.8. The second kappa shape index (κ2) is 7.92. The zero-order chi connectivity index (χ0) is 18.0. The summed E-state index contributed by atoms with van der Waals surface area (Å²) >= 11 is 3.35. The Morgan fingerprint density at radius 2 is 1.96 bits per heavy atom. The van der Waals surface area contributed by atoms with Gasteiger partial charge in [-0.1, -0.05) is 15.9 Å². The van der Waals surface area contributed by atoms with Crippen molar-refractivity contribution in [1.29, 1.82) is 0 Å². The van der Waals surface area contributed by atoms with E-state index in [1.807, 2.05) is 0 Å². The van der Waals surface area contributed by atoms with Gasteiger partial charge in [0, 0.05) is 36.7 Å². The molecule has 8 heteroatoms. The minimum absolute atomic E-state index is 0.225. The lowest BCUT2D eigenvalue weighted by molar-refractivity contribution is -0.0406. The Balaban J connectivity index is 1.70. The fourth-order valence-corrected chi connectivity index (χ4v) is 5.78. The van der Waals surface area contributed by atoms with E-state index < -0.39 is 10.0 Å². The number of rotatable bonds is 4. The van der Waals surface area contributed by atoms with E-state index in [4.69, 9.17) is 9.47 Å². The van der Waals surface area contributed by atoms with Crippen molar-refractivity contribution in [3.63, 3.8) is 0 Å². The molecule has 0 aromatic heterocycles. The maximum absolute atomic E-state index is 13.0. The number of nitrogens with zero attached hydrogens (tertiary/aromatic N) is 2. The third kappa shape index (κ3) is 4.19. The third-order valence-electron chi connectivity index (χ3n) is 4.96. The number of piperidine rings is 1. The van der Waals surface area contributed by atoms with Gasteiger partial charge in [0.25, 0.3) is 0 Å². The molecule has 0 radical (unpaired) electrons. The van der Waals surface area contributed by atoms with E-state index in [0.29, 0.717) is 24.9 Å². The average Bonchev–Trinajstić information content (AvgIpc) is 2.62. The molecule has 2 heterocycles. The van der Waals surface area contributed by atoms with Crippen LogP contribution in [0.2, 0.25) is 0 Å². The Labute approximate surface area is 158 Å². The molecule has 0 amide bonds. The van der Waals surface area contributed by atoms with E-state index >= 15 is 0 Å². The van der Waals surface area contributed by atoms with E-state index in [1.165, 1.54) is 7.11 Å². The highest BCUT2D eigenvalue weighted by molar-refractivity contribution is 9.10. The van der Waals surface area contributed by atoms with E-state index in [2.05, 4.69) is 27.8 Å². The van der Waals surface area contributed by atoms with Crippen LogP contribution in [-0.4, -0.2) is 69.7 Å². The van der Waals surface area contributed by atoms with Gasteiger partial charge >= 0.3 is 0 Å². The maximum atomic E-state index is 13.0. The normalized spacial score (nSPS) is 24.4. The fourth-order valence-electron chi connectivity index (χ4n) is 3.62. The van der Waals surface area contributed by atoms with Gasteiger partial charge in [-0.15, -0.1) is 0 Å². The third-order valence-corrected chi connectivity index (χ3v) is 7.37. The van der Waals surface area contributed by atoms with E-state index in [9.17, 15) is 8.42 Å². The molecule has 1 unspecified atom stereocenters. The quantitative estimate of drug-likeness (QED) is 0.730. The number of hydrogen-bond donors (Lipinski definition) is 0. The van der Waals surface area contributed by atoms with Crippen LogP contribution in [0.15, 0.2) is 27.6 Å². The molecule has 2 aliphatic heterocycles. The van der Waals surface area contributed by atoms with Crippen LogP contribution in [0.25, 0.3) is 0 Å². The van der Waals surface area contributed by atoms with Gasteiger partial charge in [-0.2, -0.15) is 4.31 Å². The van der Waals surface area contributed by atoms with Gasteiger partial charge in [-0.25, -0.2) is 8.42 Å². The molecule has 0 bridgehead atoms. The highest BCUT2D eigenvalue weighted by atomic mass is 79.9. The number of methoxy groups -OCH3 is 1. The first kappa shape index (κ1) is 19.1. The Hall–Kier alpha value is -0.670. The van der Waals surface area contributed by atoms with Crippen molar-refractivity contribution >= 4 is 26.0 Å². The highest BCUT2D eigenvalue weighted by Crippen LogP contribution is 2.31. The lowest BCUT2D eigenvalue weighted by Gasteiger charge is -2.41. The number of halogens is 1. The molecule has 6 nitrogen and oxygen atoms in total. The molecular formula is C17H25BrN2O4S. The maximum Gasteiger partial charge on any atom is 0.246 e. The molecule has 2 saturated heterocycles. The summed E-state index contributed by atoms with van der Waals surface area (Å²) < 4.78 is 39.3. The summed E-state index contributed by atoms with van der Waals surface area (Å²) in [5.41, 5.74) is 0. The van der Waals surface area contributed by atoms with Gasteiger partial charge < -0.3 is 9.47 Å². The van der Waals surface area contributed by atoms with Crippen molar-refractivity contribution in [2.45, 2.75) is 36.8 Å². The zero-order valence-corrected chi connectivity index (χ0v) is 17.1. The number of benzene rings is 1. The molecule has 25 heavy (non-hydrogen) atoms. The Morgan fingerprint density at radius 3 is 2.60 bits per heavy atom. The van der Waals surface area contributed by atoms with E-state index in [0.717, 1.165) is 37.0 Å². The predicted octanol–water partition coefficient (Wildman–Crippen LogP) is 2.33. The minimum Gasteiger partial charge on any atom is -0.495 e. The SMILES string of the molecule is COc1ccc(Br)cc1S(=O)(=O)N1CCC(N2CCOC(C)C2)CC1. The summed E-state index contributed by atoms with van der Waals surface area (Å²) in [4.78, 5) is 2.67. The average molecular weight is 433 g/mol. The molecule has 1 aromatic carbocycles. The Morgan fingerprint density at radius 1 is 1.24 bits per heavy atom. The fraction of sp³-hybridized carbons (Fsp3) is 0.647. The summed E-state index contributed by atoms with van der Waals surface area (Å²) in [5, 5.41) is 0. The van der Waals surface area contributed by atoms with Crippen molar-refractivity contribution < 1.29 is 17.9 Å². The van der Waals surface area contributed by atoms with Gasteiger partial charge in [0.1, 0.15) is 10.6 Å². The Bertz CT molecular complexity index is 705. The molecule has 0 spiro atoms. The molecular weight excluding hydrogens is 408 g/mol. The van der Waals surface area contributed by atoms with E-state index in [1.54, 1.807) is 22.5 Å². The standard InChI is InChI=1S/C17H25BrN2O4S/c1-13-12-19(9-10-24-13)15-5-7-20(8-6-15)25(21,22)17-11-14(18)3-4-16(17)23-2/h3-4,11,13,15H,5-10,12H2,1-2H3. The predicted molar refractivity (Wildman–Crippen MR) is 99.5 cm³/mol. The van der Waals surface area contributed by atoms with Crippen LogP contribution in [-0.2, 0) is 14.8 Å². The second-order valence-corrected chi connectivity index (χ2v) is 9.43. The number of hydrogen-bond acceptors (Lipinski definition) is 5. The molecule has 0 N–H and O–H groups in total. The van der Waals surface area contributed by atoms with Gasteiger partial charge in [0.05, 0.1) is 19.8 Å². The van der Waals surface area contributed by atoms with Gasteiger partial charge in [0.15, 0.2) is 0 Å². The summed E-state index contributed by atoms with van der Waals surface area (Å²) in [6.45, 7) is 5.78. The molecule has 0 aliphatic carbocycles. The molecule has 2 fully saturated rings. The lowest BCUT2D eigenvalue weighted by Crippen LogP contribution is -2.51. The Kier molecular flexibility index (Phi) is 6.05. The first-order valence-electron chi connectivity index (χ1n) is 8.61. The zero-order valence-electron chi connectivity index (χ0n) is 14.7. The van der Waals surface area contributed by atoms with Crippen molar-refractivity contribution in [1.82, 2.24) is 9.21 Å². The molecule has 0 saturated carbocycles. The van der Waals surface area contributed by atoms with Gasteiger partial charge in [-0.3, -0.25) is 4.90 Å². The van der Waals surface area contributed by atoms with Crippen LogP contribution in [0.1, 0.15) is 19.8 Å². The number of ether oxygens (including phenoxy) is 2. The van der Waals surface area contributed by atoms with Crippen LogP contribution in [0.3, 0.4) is 0 Å². The van der Waals surface area contributed by atoms with Crippen LogP contribution >= 0.6 is 15.9 Å². The summed E-state index contributed by atoms with van der Waals surface area (Å²) in [6.07, 6.45) is 1.95. The van der Waals surface area contributed by atoms with Crippen molar-refractivity contribution in [2.75, 3.05) is 39.9 Å². The topological polar surface area (TPSA) is 59.1 Å². The number of sulfonamides is 1. The van der Waals surface area contributed by atoms with Crippen LogP contribution in [0, 0.1) is 0 Å². The smallest absolute Gasteiger partial charge is 0.246 e. The van der Waals surface area contributed by atoms with Crippen LogP contribution < -0.4 is 4.74 Å². The summed E-state index contributed by atoms with van der Waals surface area (Å²) in [6, 6.07) is 5.51. The van der Waals surface area contributed by atoms with Gasteiger partial charge in [-0.05, 0) is 38.0 Å². The minimum atomic E-state index is -3.56. The lowest BCUT2D eigenvalue weighted by atomic mass is 10.0. The van der Waals surface area contributed by atoms with Crippen molar-refractivity contribution in [3.05, 3.63) is 22.7 Å². The second-order valence-electron chi connectivity index (χ2n) is 6.61. The van der Waals surface area contributed by atoms with Crippen molar-refractivity contribution in [3.8, 4) is 5.75 Å². The number of morpholine rings is 1. The van der Waals surface area contributed by atoms with Gasteiger partial charge in [0.2, 0.25) is 10.0 Å². The monoisotopic (exact) mass is 432 g/mol. The molecule has 1 atom stereocenters. The molecule has 3 rings (SSSR count). The van der Waals surface area contributed by atoms with E-state index in [-0.39, 0.29) is 11.0 Å². The van der Waals surface area contributed by atoms with Crippen LogP contribution in [0.5, 0.6) is 5.75 Å².